The molecule has 0 saturated heterocycles. The van der Waals surface area contributed by atoms with Crippen LogP contribution in [-0.2, 0) is 10.8 Å². The summed E-state index contributed by atoms with van der Waals surface area (Å²) in [7, 11) is 0. The monoisotopic (exact) mass is 663 g/mol. The number of hydrogen-bond donors (Lipinski definition) is 0. The van der Waals surface area contributed by atoms with Gasteiger partial charge in [-0.1, -0.05) is 181 Å². The molecule has 0 atom stereocenters. The average molecular weight is 664 g/mol. The van der Waals surface area contributed by atoms with Gasteiger partial charge in [0.2, 0.25) is 0 Å². The van der Waals surface area contributed by atoms with Crippen LogP contribution in [0.25, 0.3) is 78.4 Å². The first-order chi connectivity index (χ1) is 24.5. The lowest BCUT2D eigenvalue weighted by atomic mass is 9.83. The third kappa shape index (κ3) is 6.12. The number of aromatic nitrogens is 3. The van der Waals surface area contributed by atoms with Gasteiger partial charge in [-0.2, -0.15) is 0 Å². The van der Waals surface area contributed by atoms with Gasteiger partial charge in [0.15, 0.2) is 17.5 Å². The molecule has 2 heterocycles. The van der Waals surface area contributed by atoms with Crippen molar-refractivity contribution in [1.29, 1.82) is 0 Å². The molecular formula is C47H41N3O. The van der Waals surface area contributed by atoms with Crippen molar-refractivity contribution in [1.82, 2.24) is 15.0 Å². The quantitative estimate of drug-likeness (QED) is 0.184. The lowest BCUT2D eigenvalue weighted by Gasteiger charge is -2.20. The molecule has 0 bridgehead atoms. The molecule has 51 heavy (non-hydrogen) atoms. The van der Waals surface area contributed by atoms with Crippen molar-refractivity contribution in [3.8, 4) is 56.4 Å². The summed E-state index contributed by atoms with van der Waals surface area (Å²) in [6.45, 7) is 13.5. The number of benzene rings is 6. The van der Waals surface area contributed by atoms with Crippen molar-refractivity contribution in [3.63, 3.8) is 0 Å². The number of nitrogens with zero attached hydrogens (tertiary/aromatic N) is 3. The molecule has 0 radical (unpaired) electrons. The van der Waals surface area contributed by atoms with Crippen LogP contribution in [0.4, 0.5) is 0 Å². The molecule has 250 valence electrons. The molecule has 4 nitrogen and oxygen atoms in total. The molecule has 0 spiro atoms. The van der Waals surface area contributed by atoms with E-state index in [-0.39, 0.29) is 10.8 Å². The van der Waals surface area contributed by atoms with Crippen LogP contribution >= 0.6 is 0 Å². The Morgan fingerprint density at radius 2 is 0.804 bits per heavy atom. The van der Waals surface area contributed by atoms with Gasteiger partial charge in [0.1, 0.15) is 11.2 Å². The molecule has 0 unspecified atom stereocenters. The molecule has 8 rings (SSSR count). The van der Waals surface area contributed by atoms with Crippen molar-refractivity contribution >= 4 is 21.9 Å². The molecule has 8 aromatic rings. The molecule has 0 aliphatic carbocycles. The zero-order chi connectivity index (χ0) is 35.3. The Kier molecular flexibility index (Phi) is 7.91. The maximum atomic E-state index is 6.84. The van der Waals surface area contributed by atoms with Gasteiger partial charge in [0.25, 0.3) is 0 Å². The molecule has 0 amide bonds. The number of hydrogen-bond acceptors (Lipinski definition) is 4. The summed E-state index contributed by atoms with van der Waals surface area (Å²) in [5, 5.41) is 2.31. The van der Waals surface area contributed by atoms with Crippen molar-refractivity contribution < 1.29 is 4.42 Å². The third-order valence-corrected chi connectivity index (χ3v) is 9.63. The van der Waals surface area contributed by atoms with Gasteiger partial charge in [-0.3, -0.25) is 0 Å². The zero-order valence-corrected chi connectivity index (χ0v) is 30.0. The first kappa shape index (κ1) is 32.3. The molecule has 6 aromatic carbocycles. The van der Waals surface area contributed by atoms with Gasteiger partial charge in [-0.05, 0) is 33.1 Å². The largest absolute Gasteiger partial charge is 0.455 e. The summed E-state index contributed by atoms with van der Waals surface area (Å²) in [5.41, 5.74) is 11.6. The van der Waals surface area contributed by atoms with E-state index in [0.717, 1.165) is 55.3 Å². The molecule has 0 aliphatic heterocycles. The molecule has 0 aliphatic rings. The Morgan fingerprint density at radius 1 is 0.373 bits per heavy atom. The van der Waals surface area contributed by atoms with E-state index in [1.807, 2.05) is 36.4 Å². The number of para-hydroxylation sites is 1. The van der Waals surface area contributed by atoms with Crippen molar-refractivity contribution in [2.75, 3.05) is 0 Å². The van der Waals surface area contributed by atoms with Crippen LogP contribution in [0, 0.1) is 0 Å². The lowest BCUT2D eigenvalue weighted by Crippen LogP contribution is -2.11. The maximum Gasteiger partial charge on any atom is 0.164 e. The predicted molar refractivity (Wildman–Crippen MR) is 212 cm³/mol. The summed E-state index contributed by atoms with van der Waals surface area (Å²) in [6, 6.07) is 48.6. The fourth-order valence-corrected chi connectivity index (χ4v) is 6.92. The SMILES string of the molecule is CC(C)(C)c1cccc2c1oc1c(C(C)(C)C)ccc(-c3ccc(-c4nc(-c5ccccc5)nc(-c5ccc(-c6ccccc6)cc5)n4)cc3)c12. The predicted octanol–water partition coefficient (Wildman–Crippen LogP) is 12.7. The van der Waals surface area contributed by atoms with Crippen LogP contribution in [0.2, 0.25) is 0 Å². The first-order valence-electron chi connectivity index (χ1n) is 17.6. The third-order valence-electron chi connectivity index (χ3n) is 9.63. The summed E-state index contributed by atoms with van der Waals surface area (Å²) < 4.78 is 6.84. The van der Waals surface area contributed by atoms with E-state index < -0.39 is 0 Å². The Morgan fingerprint density at radius 3 is 1.33 bits per heavy atom. The Bertz CT molecular complexity index is 2500. The fourth-order valence-electron chi connectivity index (χ4n) is 6.92. The second kappa shape index (κ2) is 12.5. The topological polar surface area (TPSA) is 51.8 Å². The van der Waals surface area contributed by atoms with E-state index in [9.17, 15) is 0 Å². The highest BCUT2D eigenvalue weighted by atomic mass is 16.3. The molecule has 4 heteroatoms. The van der Waals surface area contributed by atoms with Gasteiger partial charge in [0.05, 0.1) is 0 Å². The number of fused-ring (bicyclic) bond motifs is 3. The molecule has 0 fully saturated rings. The number of furan rings is 1. The van der Waals surface area contributed by atoms with E-state index in [1.54, 1.807) is 0 Å². The van der Waals surface area contributed by atoms with Gasteiger partial charge in [0, 0.05) is 38.6 Å². The number of rotatable bonds is 5. The Hall–Kier alpha value is -5.87. The van der Waals surface area contributed by atoms with Crippen LogP contribution in [0.15, 0.2) is 144 Å². The molecular weight excluding hydrogens is 623 g/mol. The van der Waals surface area contributed by atoms with E-state index in [4.69, 9.17) is 19.4 Å². The maximum absolute atomic E-state index is 6.84. The van der Waals surface area contributed by atoms with Crippen LogP contribution in [-0.4, -0.2) is 15.0 Å². The second-order valence-electron chi connectivity index (χ2n) is 15.3. The van der Waals surface area contributed by atoms with E-state index in [0.29, 0.717) is 17.5 Å². The van der Waals surface area contributed by atoms with Gasteiger partial charge in [-0.15, -0.1) is 0 Å². The van der Waals surface area contributed by atoms with Crippen LogP contribution in [0.3, 0.4) is 0 Å². The van der Waals surface area contributed by atoms with Crippen molar-refractivity contribution in [2.24, 2.45) is 0 Å². The summed E-state index contributed by atoms with van der Waals surface area (Å²) >= 11 is 0. The normalized spacial score (nSPS) is 12.1. The average Bonchev–Trinajstić information content (AvgIpc) is 3.54. The minimum Gasteiger partial charge on any atom is -0.455 e. The zero-order valence-electron chi connectivity index (χ0n) is 30.0. The first-order valence-corrected chi connectivity index (χ1v) is 17.6. The minimum absolute atomic E-state index is 0.0526. The van der Waals surface area contributed by atoms with Crippen LogP contribution in [0.1, 0.15) is 52.7 Å². The summed E-state index contributed by atoms with van der Waals surface area (Å²) in [5.74, 6) is 1.92. The van der Waals surface area contributed by atoms with Crippen molar-refractivity contribution in [2.45, 2.75) is 52.4 Å². The fraction of sp³-hybridized carbons (Fsp3) is 0.170. The highest BCUT2D eigenvalue weighted by Gasteiger charge is 2.26. The van der Waals surface area contributed by atoms with E-state index in [2.05, 4.69) is 145 Å². The van der Waals surface area contributed by atoms with E-state index in [1.165, 1.54) is 16.7 Å². The van der Waals surface area contributed by atoms with Gasteiger partial charge in [-0.25, -0.2) is 15.0 Å². The molecule has 0 saturated carbocycles. The lowest BCUT2D eigenvalue weighted by molar-refractivity contribution is 0.557. The highest BCUT2D eigenvalue weighted by molar-refractivity contribution is 6.14. The van der Waals surface area contributed by atoms with Crippen LogP contribution < -0.4 is 0 Å². The smallest absolute Gasteiger partial charge is 0.164 e. The standard InChI is InChI=1S/C47H41N3O/c1-46(2,3)38-19-13-18-37-40-36(28-29-39(47(4,5)6)42(40)51-41(37)38)32-22-26-35(27-23-32)45-49-43(33-16-11-8-12-17-33)48-44(50-45)34-24-20-31(21-25-34)30-14-9-7-10-15-30/h7-29H,1-6H3. The molecule has 0 N–H and O–H groups in total. The summed E-state index contributed by atoms with van der Waals surface area (Å²) in [4.78, 5) is 14.9. The van der Waals surface area contributed by atoms with Gasteiger partial charge >= 0.3 is 0 Å². The summed E-state index contributed by atoms with van der Waals surface area (Å²) in [6.07, 6.45) is 0. The van der Waals surface area contributed by atoms with Gasteiger partial charge < -0.3 is 4.42 Å². The van der Waals surface area contributed by atoms with Crippen molar-refractivity contribution in [3.05, 3.63) is 151 Å². The Balaban J connectivity index is 1.24. The second-order valence-corrected chi connectivity index (χ2v) is 15.3. The molecule has 2 aromatic heterocycles. The highest BCUT2D eigenvalue weighted by Crippen LogP contribution is 2.44. The minimum atomic E-state index is -0.0782. The van der Waals surface area contributed by atoms with E-state index >= 15 is 0 Å². The Labute approximate surface area is 299 Å². The van der Waals surface area contributed by atoms with Crippen LogP contribution in [0.5, 0.6) is 0 Å².